The number of fused-ring (bicyclic) bond motifs is 1. The normalized spacial score (nSPS) is 21.2. The smallest absolute Gasteiger partial charge is 0.263 e. The van der Waals surface area contributed by atoms with E-state index in [4.69, 9.17) is 4.74 Å². The Labute approximate surface area is 153 Å². The Hall–Kier alpha value is -2.43. The summed E-state index contributed by atoms with van der Waals surface area (Å²) in [5.74, 6) is 0. The third-order valence-electron chi connectivity index (χ3n) is 4.90. The second kappa shape index (κ2) is 7.06. The first-order valence-corrected chi connectivity index (χ1v) is 9.19. The number of ether oxygens (including phenoxy) is 1. The van der Waals surface area contributed by atoms with E-state index in [0.29, 0.717) is 0 Å². The number of benzene rings is 2. The highest BCUT2D eigenvalue weighted by Crippen LogP contribution is 2.19. The lowest BCUT2D eigenvalue weighted by molar-refractivity contribution is -0.0709. The lowest BCUT2D eigenvalue weighted by atomic mass is 10.1. The first-order valence-electron chi connectivity index (χ1n) is 9.19. The van der Waals surface area contributed by atoms with Crippen molar-refractivity contribution in [3.63, 3.8) is 0 Å². The maximum absolute atomic E-state index is 13.2. The summed E-state index contributed by atoms with van der Waals surface area (Å²) in [6.45, 7) is 6.69. The Morgan fingerprint density at radius 3 is 2.35 bits per heavy atom. The van der Waals surface area contributed by atoms with Crippen molar-refractivity contribution in [2.24, 2.45) is 0 Å². The predicted molar refractivity (Wildman–Crippen MR) is 105 cm³/mol. The number of hydrogen-bond donors (Lipinski definition) is 0. The molecule has 0 bridgehead atoms. The zero-order valence-electron chi connectivity index (χ0n) is 15.3. The van der Waals surface area contributed by atoms with E-state index in [1.54, 1.807) is 0 Å². The summed E-state index contributed by atoms with van der Waals surface area (Å²) in [7, 11) is 0. The zero-order chi connectivity index (χ0) is 18.1. The van der Waals surface area contributed by atoms with Gasteiger partial charge in [-0.3, -0.25) is 14.3 Å². The van der Waals surface area contributed by atoms with Gasteiger partial charge < -0.3 is 4.74 Å². The van der Waals surface area contributed by atoms with Crippen molar-refractivity contribution >= 4 is 10.8 Å². The third-order valence-corrected chi connectivity index (χ3v) is 4.90. The number of rotatable bonds is 3. The molecule has 0 spiro atoms. The summed E-state index contributed by atoms with van der Waals surface area (Å²) in [6.07, 6.45) is 0.409. The molecule has 0 N–H and O–H groups in total. The van der Waals surface area contributed by atoms with Crippen LogP contribution in [0.1, 0.15) is 19.5 Å². The molecule has 2 unspecified atom stereocenters. The van der Waals surface area contributed by atoms with E-state index in [2.05, 4.69) is 24.8 Å². The molecule has 1 aliphatic heterocycles. The van der Waals surface area contributed by atoms with Gasteiger partial charge in [-0.15, -0.1) is 0 Å². The van der Waals surface area contributed by atoms with Crippen LogP contribution in [0.25, 0.3) is 16.5 Å². The minimum absolute atomic E-state index is 0.0404. The summed E-state index contributed by atoms with van der Waals surface area (Å²) in [4.78, 5) is 15.6. The molecule has 1 aliphatic rings. The summed E-state index contributed by atoms with van der Waals surface area (Å²) in [5.41, 5.74) is 1.97. The second-order valence-corrected chi connectivity index (χ2v) is 7.15. The van der Waals surface area contributed by atoms with Gasteiger partial charge in [0.15, 0.2) is 0 Å². The fourth-order valence-corrected chi connectivity index (χ4v) is 3.93. The van der Waals surface area contributed by atoms with Gasteiger partial charge in [0.25, 0.3) is 5.56 Å². The molecule has 2 heterocycles. The lowest BCUT2D eigenvalue weighted by Crippen LogP contribution is -2.45. The molecule has 134 valence electrons. The number of aromatic nitrogens is 1. The minimum Gasteiger partial charge on any atom is -0.373 e. The van der Waals surface area contributed by atoms with Gasteiger partial charge in [0, 0.05) is 36.4 Å². The molecule has 4 rings (SSSR count). The van der Waals surface area contributed by atoms with Crippen LogP contribution in [0.4, 0.5) is 0 Å². The van der Waals surface area contributed by atoms with Crippen LogP contribution < -0.4 is 5.56 Å². The van der Waals surface area contributed by atoms with Crippen molar-refractivity contribution in [3.05, 3.63) is 76.7 Å². The minimum atomic E-state index is 0.0404. The van der Waals surface area contributed by atoms with Crippen LogP contribution in [0, 0.1) is 0 Å². The molecule has 1 aromatic heterocycles. The van der Waals surface area contributed by atoms with Crippen molar-refractivity contribution in [2.75, 3.05) is 13.1 Å². The van der Waals surface area contributed by atoms with Crippen molar-refractivity contribution in [3.8, 4) is 5.69 Å². The van der Waals surface area contributed by atoms with Crippen molar-refractivity contribution in [1.82, 2.24) is 9.47 Å². The van der Waals surface area contributed by atoms with Gasteiger partial charge in [0.1, 0.15) is 0 Å². The van der Waals surface area contributed by atoms with Crippen LogP contribution in [0.5, 0.6) is 0 Å². The Bertz CT molecular complexity index is 955. The van der Waals surface area contributed by atoms with Gasteiger partial charge in [0.2, 0.25) is 0 Å². The van der Waals surface area contributed by atoms with Crippen molar-refractivity contribution < 1.29 is 4.74 Å². The molecule has 26 heavy (non-hydrogen) atoms. The summed E-state index contributed by atoms with van der Waals surface area (Å²) in [6, 6.07) is 19.9. The average Bonchev–Trinajstić information content (AvgIpc) is 2.62. The Morgan fingerprint density at radius 2 is 1.62 bits per heavy atom. The van der Waals surface area contributed by atoms with Gasteiger partial charge in [-0.1, -0.05) is 36.4 Å². The molecule has 1 fully saturated rings. The van der Waals surface area contributed by atoms with Crippen LogP contribution in [0.2, 0.25) is 0 Å². The molecular formula is C22H24N2O2. The van der Waals surface area contributed by atoms with E-state index >= 15 is 0 Å². The number of hydrogen-bond acceptors (Lipinski definition) is 3. The first-order chi connectivity index (χ1) is 12.6. The van der Waals surface area contributed by atoms with Gasteiger partial charge in [-0.25, -0.2) is 0 Å². The standard InChI is InChI=1S/C22H24N2O2/c1-16-13-23(14-17(2)26-16)15-20-12-18-8-6-7-11-21(18)22(25)24(20)19-9-4-3-5-10-19/h3-12,16-17H,13-15H2,1-2H3. The molecule has 4 heteroatoms. The van der Waals surface area contributed by atoms with Crippen LogP contribution in [0.15, 0.2) is 65.5 Å². The zero-order valence-corrected chi connectivity index (χ0v) is 15.3. The highest BCUT2D eigenvalue weighted by atomic mass is 16.5. The first kappa shape index (κ1) is 17.0. The molecule has 1 saturated heterocycles. The molecule has 3 aromatic rings. The molecule has 0 amide bonds. The van der Waals surface area contributed by atoms with Crippen LogP contribution in [0.3, 0.4) is 0 Å². The van der Waals surface area contributed by atoms with Crippen LogP contribution in [-0.4, -0.2) is 34.8 Å². The number of morpholine rings is 1. The molecule has 2 atom stereocenters. The molecule has 0 saturated carbocycles. The van der Waals surface area contributed by atoms with Crippen molar-refractivity contribution in [1.29, 1.82) is 0 Å². The number of pyridine rings is 1. The van der Waals surface area contributed by atoms with E-state index in [9.17, 15) is 4.79 Å². The van der Waals surface area contributed by atoms with E-state index in [-0.39, 0.29) is 17.8 Å². The maximum Gasteiger partial charge on any atom is 0.263 e. The van der Waals surface area contributed by atoms with Gasteiger partial charge in [-0.2, -0.15) is 0 Å². The largest absolute Gasteiger partial charge is 0.373 e. The summed E-state index contributed by atoms with van der Waals surface area (Å²) < 4.78 is 7.71. The van der Waals surface area contributed by atoms with Crippen LogP contribution in [-0.2, 0) is 11.3 Å². The van der Waals surface area contributed by atoms with Gasteiger partial charge in [0.05, 0.1) is 12.2 Å². The fraction of sp³-hybridized carbons (Fsp3) is 0.318. The average molecular weight is 348 g/mol. The highest BCUT2D eigenvalue weighted by Gasteiger charge is 2.23. The topological polar surface area (TPSA) is 34.5 Å². The van der Waals surface area contributed by atoms with E-state index in [1.807, 2.05) is 59.2 Å². The summed E-state index contributed by atoms with van der Waals surface area (Å²) >= 11 is 0. The molecule has 4 nitrogen and oxygen atoms in total. The van der Waals surface area contributed by atoms with Crippen molar-refractivity contribution in [2.45, 2.75) is 32.6 Å². The molecular weight excluding hydrogens is 324 g/mol. The SMILES string of the molecule is CC1CN(Cc2cc3ccccc3c(=O)n2-c2ccccc2)CC(C)O1. The van der Waals surface area contributed by atoms with E-state index in [0.717, 1.165) is 41.8 Å². The van der Waals surface area contributed by atoms with E-state index in [1.165, 1.54) is 0 Å². The Morgan fingerprint density at radius 1 is 0.962 bits per heavy atom. The van der Waals surface area contributed by atoms with E-state index < -0.39 is 0 Å². The third kappa shape index (κ3) is 3.30. The molecule has 0 radical (unpaired) electrons. The Balaban J connectivity index is 1.83. The number of para-hydroxylation sites is 1. The maximum atomic E-state index is 13.2. The second-order valence-electron chi connectivity index (χ2n) is 7.15. The fourth-order valence-electron chi connectivity index (χ4n) is 3.93. The number of nitrogens with zero attached hydrogens (tertiary/aromatic N) is 2. The monoisotopic (exact) mass is 348 g/mol. The Kier molecular flexibility index (Phi) is 4.62. The van der Waals surface area contributed by atoms with Gasteiger partial charge >= 0.3 is 0 Å². The predicted octanol–water partition coefficient (Wildman–Crippen LogP) is 3.60. The quantitative estimate of drug-likeness (QED) is 0.725. The summed E-state index contributed by atoms with van der Waals surface area (Å²) in [5, 5.41) is 1.75. The molecule has 2 aromatic carbocycles. The van der Waals surface area contributed by atoms with Crippen LogP contribution >= 0.6 is 0 Å². The van der Waals surface area contributed by atoms with Gasteiger partial charge in [-0.05, 0) is 43.5 Å². The highest BCUT2D eigenvalue weighted by molar-refractivity contribution is 5.82. The molecule has 0 aliphatic carbocycles. The lowest BCUT2D eigenvalue weighted by Gasteiger charge is -2.35.